The molecular formula is C60H40N2SSi. The third-order valence-corrected chi connectivity index (χ3v) is 19.4. The minimum Gasteiger partial charge on any atom is -0.309 e. The maximum absolute atomic E-state index is 2.67. The van der Waals surface area contributed by atoms with Crippen LogP contribution in [-0.2, 0) is 0 Å². The highest BCUT2D eigenvalue weighted by atomic mass is 32.1. The van der Waals surface area contributed by atoms with Gasteiger partial charge in [-0.3, -0.25) is 0 Å². The van der Waals surface area contributed by atoms with Gasteiger partial charge in [-0.05, 0) is 98.6 Å². The zero-order valence-electron chi connectivity index (χ0n) is 34.9. The number of fused-ring (bicyclic) bond motifs is 9. The van der Waals surface area contributed by atoms with E-state index in [9.17, 15) is 0 Å². The van der Waals surface area contributed by atoms with Crippen molar-refractivity contribution in [2.75, 3.05) is 0 Å². The minimum absolute atomic E-state index is 1.14. The van der Waals surface area contributed by atoms with Gasteiger partial charge in [-0.2, -0.15) is 0 Å². The molecule has 0 saturated carbocycles. The fraction of sp³-hybridized carbons (Fsp3) is 0. The van der Waals surface area contributed by atoms with Crippen molar-refractivity contribution in [3.63, 3.8) is 0 Å². The van der Waals surface area contributed by atoms with Crippen molar-refractivity contribution in [2.24, 2.45) is 0 Å². The van der Waals surface area contributed by atoms with E-state index in [1.54, 1.807) is 0 Å². The summed E-state index contributed by atoms with van der Waals surface area (Å²) >= 11 is 1.87. The van der Waals surface area contributed by atoms with Gasteiger partial charge in [0.25, 0.3) is 0 Å². The monoisotopic (exact) mass is 848 g/mol. The topological polar surface area (TPSA) is 9.86 Å². The highest BCUT2D eigenvalue weighted by molar-refractivity contribution is 7.25. The molecule has 300 valence electrons. The standard InChI is InChI=1S/C60H40N2SSi/c1-4-17-44(18-5-1)64(45-19-6-2-7-20-45,46-21-8-3-9-22-46)47-35-33-43(34-36-47)61-54-27-14-11-25-50(54)60-56(61)28-16-29-57(60)62-53-26-13-10-23-48(53)51-39-41(31-37-55(51)62)42-32-38-59-52(40-42)49-24-12-15-30-58(49)63-59/h1-40H. The summed E-state index contributed by atoms with van der Waals surface area (Å²) in [7, 11) is -2.67. The van der Waals surface area contributed by atoms with Gasteiger partial charge < -0.3 is 9.13 Å². The fourth-order valence-corrected chi connectivity index (χ4v) is 16.5. The normalized spacial score (nSPS) is 12.1. The lowest BCUT2D eigenvalue weighted by molar-refractivity contribution is 1.17. The molecule has 13 aromatic rings. The van der Waals surface area contributed by atoms with E-state index in [0.29, 0.717) is 0 Å². The highest BCUT2D eigenvalue weighted by Crippen LogP contribution is 2.42. The molecule has 4 heteroatoms. The Morgan fingerprint density at radius 2 is 0.781 bits per heavy atom. The van der Waals surface area contributed by atoms with Crippen LogP contribution >= 0.6 is 11.3 Å². The number of rotatable bonds is 7. The van der Waals surface area contributed by atoms with Crippen LogP contribution in [0.25, 0.3) is 86.3 Å². The van der Waals surface area contributed by atoms with Crippen molar-refractivity contribution in [2.45, 2.75) is 0 Å². The third kappa shape index (κ3) is 5.50. The highest BCUT2D eigenvalue weighted by Gasteiger charge is 2.41. The Kier molecular flexibility index (Phi) is 8.45. The largest absolute Gasteiger partial charge is 0.309 e. The van der Waals surface area contributed by atoms with Gasteiger partial charge in [-0.15, -0.1) is 11.3 Å². The Balaban J connectivity index is 0.993. The smallest absolute Gasteiger partial charge is 0.179 e. The average Bonchev–Trinajstić information content (AvgIpc) is 4.03. The van der Waals surface area contributed by atoms with Gasteiger partial charge in [0, 0.05) is 47.4 Å². The molecule has 0 fully saturated rings. The Labute approximate surface area is 376 Å². The predicted molar refractivity (Wildman–Crippen MR) is 277 cm³/mol. The second-order valence-electron chi connectivity index (χ2n) is 16.8. The van der Waals surface area contributed by atoms with Crippen LogP contribution in [0.15, 0.2) is 243 Å². The van der Waals surface area contributed by atoms with Crippen molar-refractivity contribution in [1.29, 1.82) is 0 Å². The molecule has 10 aromatic carbocycles. The second-order valence-corrected chi connectivity index (χ2v) is 21.7. The maximum atomic E-state index is 2.49. The quantitative estimate of drug-likeness (QED) is 0.112. The number of thiophene rings is 1. The Hall–Kier alpha value is -7.76. The maximum Gasteiger partial charge on any atom is 0.179 e. The Morgan fingerprint density at radius 3 is 1.45 bits per heavy atom. The van der Waals surface area contributed by atoms with Crippen LogP contribution in [0.1, 0.15) is 0 Å². The Morgan fingerprint density at radius 1 is 0.297 bits per heavy atom. The lowest BCUT2D eigenvalue weighted by Crippen LogP contribution is -2.74. The SMILES string of the molecule is c1ccc([Si](c2ccccc2)(c2ccccc2)c2ccc(-n3c4ccccc4c4c(-n5c6ccccc6c6cc(-c7ccc8sc9ccccc9c8c7)ccc65)cccc43)cc2)cc1. The van der Waals surface area contributed by atoms with Crippen LogP contribution in [0.5, 0.6) is 0 Å². The van der Waals surface area contributed by atoms with Gasteiger partial charge in [0.15, 0.2) is 8.07 Å². The first kappa shape index (κ1) is 36.9. The molecule has 0 amide bonds. The molecule has 0 spiro atoms. The zero-order valence-corrected chi connectivity index (χ0v) is 36.7. The fourth-order valence-electron chi connectivity index (χ4n) is 10.7. The summed E-state index contributed by atoms with van der Waals surface area (Å²) < 4.78 is 7.61. The van der Waals surface area contributed by atoms with Crippen molar-refractivity contribution in [3.8, 4) is 22.5 Å². The average molecular weight is 849 g/mol. The van der Waals surface area contributed by atoms with Crippen molar-refractivity contribution < 1.29 is 0 Å². The second kappa shape index (κ2) is 14.7. The van der Waals surface area contributed by atoms with Gasteiger partial charge in [0.1, 0.15) is 0 Å². The van der Waals surface area contributed by atoms with Crippen LogP contribution < -0.4 is 20.7 Å². The van der Waals surface area contributed by atoms with Crippen molar-refractivity contribution in [1.82, 2.24) is 9.13 Å². The summed E-state index contributed by atoms with van der Waals surface area (Å²) in [5, 5.41) is 13.1. The number of benzene rings is 10. The molecule has 0 aliphatic heterocycles. The molecule has 3 heterocycles. The van der Waals surface area contributed by atoms with Crippen LogP contribution in [0.4, 0.5) is 0 Å². The Bertz CT molecular complexity index is 3790. The van der Waals surface area contributed by atoms with E-state index < -0.39 is 8.07 Å². The molecule has 64 heavy (non-hydrogen) atoms. The summed E-state index contributed by atoms with van der Waals surface area (Å²) in [4.78, 5) is 0. The van der Waals surface area contributed by atoms with Crippen molar-refractivity contribution in [3.05, 3.63) is 243 Å². The molecule has 0 radical (unpaired) electrons. The molecule has 0 atom stereocenters. The lowest BCUT2D eigenvalue weighted by atomic mass is 10.0. The molecule has 0 bridgehead atoms. The van der Waals surface area contributed by atoms with Gasteiger partial charge in [-0.1, -0.05) is 176 Å². The van der Waals surface area contributed by atoms with E-state index >= 15 is 0 Å². The van der Waals surface area contributed by atoms with Crippen LogP contribution in [0, 0.1) is 0 Å². The predicted octanol–water partition coefficient (Wildman–Crippen LogP) is 13.3. The number of aromatic nitrogens is 2. The van der Waals surface area contributed by atoms with E-state index in [-0.39, 0.29) is 0 Å². The molecule has 0 N–H and O–H groups in total. The molecule has 0 aliphatic carbocycles. The number of nitrogens with zero attached hydrogens (tertiary/aromatic N) is 2. The summed E-state index contributed by atoms with van der Waals surface area (Å²) in [5.74, 6) is 0. The van der Waals surface area contributed by atoms with Gasteiger partial charge >= 0.3 is 0 Å². The minimum atomic E-state index is -2.67. The van der Waals surface area contributed by atoms with Crippen LogP contribution in [0.2, 0.25) is 0 Å². The van der Waals surface area contributed by atoms with E-state index in [1.165, 1.54) is 101 Å². The van der Waals surface area contributed by atoms with Crippen LogP contribution in [-0.4, -0.2) is 17.2 Å². The molecular weight excluding hydrogens is 809 g/mol. The summed E-state index contributed by atoms with van der Waals surface area (Å²) in [5.41, 5.74) is 9.56. The zero-order chi connectivity index (χ0) is 42.2. The van der Waals surface area contributed by atoms with Gasteiger partial charge in [0.2, 0.25) is 0 Å². The molecule has 0 aliphatic rings. The van der Waals surface area contributed by atoms with Crippen molar-refractivity contribution >= 4 is 104 Å². The molecule has 0 unspecified atom stereocenters. The lowest BCUT2D eigenvalue weighted by Gasteiger charge is -2.34. The first-order valence-corrected chi connectivity index (χ1v) is 24.8. The first-order valence-electron chi connectivity index (χ1n) is 22.0. The number of hydrogen-bond acceptors (Lipinski definition) is 1. The first-order chi connectivity index (χ1) is 31.8. The van der Waals surface area contributed by atoms with Gasteiger partial charge in [0.05, 0.1) is 27.8 Å². The van der Waals surface area contributed by atoms with E-state index in [1.807, 2.05) is 11.3 Å². The van der Waals surface area contributed by atoms with E-state index in [0.717, 1.165) is 5.69 Å². The molecule has 2 nitrogen and oxygen atoms in total. The molecule has 13 rings (SSSR count). The summed E-state index contributed by atoms with van der Waals surface area (Å²) in [6, 6.07) is 90.4. The molecule has 0 saturated heterocycles. The van der Waals surface area contributed by atoms with E-state index in [2.05, 4.69) is 252 Å². The number of hydrogen-bond donors (Lipinski definition) is 0. The summed E-state index contributed by atoms with van der Waals surface area (Å²) in [6.45, 7) is 0. The van der Waals surface area contributed by atoms with Crippen LogP contribution in [0.3, 0.4) is 0 Å². The molecule has 3 aromatic heterocycles. The third-order valence-electron chi connectivity index (χ3n) is 13.5. The summed E-state index contributed by atoms with van der Waals surface area (Å²) in [6.07, 6.45) is 0. The number of para-hydroxylation sites is 2. The van der Waals surface area contributed by atoms with Gasteiger partial charge in [-0.25, -0.2) is 0 Å². The van der Waals surface area contributed by atoms with E-state index in [4.69, 9.17) is 0 Å².